The zero-order valence-corrected chi connectivity index (χ0v) is 18.1. The fourth-order valence-electron chi connectivity index (χ4n) is 3.02. The number of carbonyl (C=O) groups is 2. The van der Waals surface area contributed by atoms with Crippen LogP contribution in [0.25, 0.3) is 6.08 Å². The Kier molecular flexibility index (Phi) is 6.26. The molecular formula is C21H17ClN2O4S2. The van der Waals surface area contributed by atoms with Crippen molar-refractivity contribution in [1.82, 2.24) is 4.90 Å². The summed E-state index contributed by atoms with van der Waals surface area (Å²) in [6.45, 7) is 0.573. The number of nitrogens with one attached hydrogen (secondary N) is 1. The average molecular weight is 461 g/mol. The summed E-state index contributed by atoms with van der Waals surface area (Å²) in [7, 11) is 0. The molecule has 2 aliphatic heterocycles. The van der Waals surface area contributed by atoms with Crippen molar-refractivity contribution in [1.29, 1.82) is 0 Å². The Morgan fingerprint density at radius 2 is 2.03 bits per heavy atom. The quantitative estimate of drug-likeness (QED) is 0.498. The maximum atomic E-state index is 12.7. The molecular weight excluding hydrogens is 444 g/mol. The topological polar surface area (TPSA) is 67.9 Å². The highest BCUT2D eigenvalue weighted by molar-refractivity contribution is 8.26. The van der Waals surface area contributed by atoms with E-state index in [1.54, 1.807) is 30.3 Å². The van der Waals surface area contributed by atoms with Crippen LogP contribution in [0.3, 0.4) is 0 Å². The molecule has 154 valence electrons. The van der Waals surface area contributed by atoms with Crippen molar-refractivity contribution in [2.45, 2.75) is 12.8 Å². The summed E-state index contributed by atoms with van der Waals surface area (Å²) in [6, 6.07) is 12.5. The van der Waals surface area contributed by atoms with E-state index in [-0.39, 0.29) is 25.0 Å². The van der Waals surface area contributed by atoms with E-state index < -0.39 is 0 Å². The second kappa shape index (κ2) is 9.07. The van der Waals surface area contributed by atoms with Gasteiger partial charge < -0.3 is 14.8 Å². The molecule has 30 heavy (non-hydrogen) atoms. The summed E-state index contributed by atoms with van der Waals surface area (Å²) in [5, 5.41) is 3.26. The van der Waals surface area contributed by atoms with Gasteiger partial charge in [-0.3, -0.25) is 14.5 Å². The molecule has 2 aromatic rings. The molecule has 0 radical (unpaired) electrons. The van der Waals surface area contributed by atoms with Crippen LogP contribution in [0.5, 0.6) is 11.5 Å². The van der Waals surface area contributed by atoms with Gasteiger partial charge in [0.1, 0.15) is 4.32 Å². The van der Waals surface area contributed by atoms with Crippen LogP contribution in [0, 0.1) is 0 Å². The van der Waals surface area contributed by atoms with Crippen molar-refractivity contribution >= 4 is 63.5 Å². The van der Waals surface area contributed by atoms with Gasteiger partial charge in [-0.15, -0.1) is 0 Å². The first-order valence-electron chi connectivity index (χ1n) is 9.20. The second-order valence-electron chi connectivity index (χ2n) is 6.58. The number of thioether (sulfide) groups is 1. The van der Waals surface area contributed by atoms with E-state index in [1.807, 2.05) is 18.2 Å². The number of ether oxygens (including phenoxy) is 2. The van der Waals surface area contributed by atoms with Crippen LogP contribution >= 0.6 is 35.6 Å². The maximum Gasteiger partial charge on any atom is 0.266 e. The lowest BCUT2D eigenvalue weighted by Gasteiger charge is -2.14. The molecule has 2 heterocycles. The molecule has 1 N–H and O–H groups in total. The molecule has 1 saturated heterocycles. The van der Waals surface area contributed by atoms with Gasteiger partial charge in [0.2, 0.25) is 12.7 Å². The van der Waals surface area contributed by atoms with Crippen LogP contribution in [0.1, 0.15) is 18.4 Å². The second-order valence-corrected chi connectivity index (χ2v) is 8.66. The summed E-state index contributed by atoms with van der Waals surface area (Å²) >= 11 is 12.7. The Morgan fingerprint density at radius 1 is 1.23 bits per heavy atom. The Labute approximate surface area is 188 Å². The number of fused-ring (bicyclic) bond motifs is 1. The molecule has 0 aromatic heterocycles. The lowest BCUT2D eigenvalue weighted by molar-refractivity contribution is -0.122. The average Bonchev–Trinajstić information content (AvgIpc) is 3.29. The Hall–Kier alpha value is -2.55. The van der Waals surface area contributed by atoms with E-state index in [0.717, 1.165) is 5.56 Å². The van der Waals surface area contributed by atoms with Gasteiger partial charge in [-0.1, -0.05) is 53.8 Å². The molecule has 0 saturated carbocycles. The highest BCUT2D eigenvalue weighted by Crippen LogP contribution is 2.36. The minimum Gasteiger partial charge on any atom is -0.454 e. The Bertz CT molecular complexity index is 1060. The molecule has 2 aromatic carbocycles. The van der Waals surface area contributed by atoms with Crippen molar-refractivity contribution in [2.75, 3.05) is 18.7 Å². The van der Waals surface area contributed by atoms with Gasteiger partial charge in [0.05, 0.1) is 15.6 Å². The fraction of sp³-hybridized carbons (Fsp3) is 0.190. The van der Waals surface area contributed by atoms with Crippen LogP contribution in [0.15, 0.2) is 47.4 Å². The summed E-state index contributed by atoms with van der Waals surface area (Å²) < 4.78 is 11.2. The molecule has 0 unspecified atom stereocenters. The van der Waals surface area contributed by atoms with E-state index >= 15 is 0 Å². The van der Waals surface area contributed by atoms with Crippen LogP contribution < -0.4 is 14.8 Å². The number of thiocarbonyl (C=S) groups is 1. The lowest BCUT2D eigenvalue weighted by Crippen LogP contribution is -2.29. The minimum atomic E-state index is -0.163. The number of carbonyl (C=O) groups excluding carboxylic acids is 2. The van der Waals surface area contributed by atoms with Gasteiger partial charge >= 0.3 is 0 Å². The van der Waals surface area contributed by atoms with Crippen LogP contribution in [0.2, 0.25) is 5.02 Å². The minimum absolute atomic E-state index is 0.158. The van der Waals surface area contributed by atoms with E-state index in [1.165, 1.54) is 16.7 Å². The molecule has 9 heteroatoms. The number of rotatable bonds is 6. The number of halogens is 1. The zero-order chi connectivity index (χ0) is 21.1. The summed E-state index contributed by atoms with van der Waals surface area (Å²) in [5.74, 6) is 1.03. The number of hydrogen-bond donors (Lipinski definition) is 1. The van der Waals surface area contributed by atoms with Crippen molar-refractivity contribution in [3.63, 3.8) is 0 Å². The monoisotopic (exact) mass is 460 g/mol. The molecule has 0 atom stereocenters. The number of benzene rings is 2. The van der Waals surface area contributed by atoms with Crippen molar-refractivity contribution in [3.05, 3.63) is 58.0 Å². The maximum absolute atomic E-state index is 12.7. The molecule has 0 bridgehead atoms. The van der Waals surface area contributed by atoms with Crippen LogP contribution in [0.4, 0.5) is 5.69 Å². The largest absolute Gasteiger partial charge is 0.454 e. The van der Waals surface area contributed by atoms with Gasteiger partial charge in [0.15, 0.2) is 11.5 Å². The van der Waals surface area contributed by atoms with Crippen molar-refractivity contribution in [3.8, 4) is 11.5 Å². The molecule has 4 rings (SSSR count). The first kappa shape index (κ1) is 20.7. The first-order valence-corrected chi connectivity index (χ1v) is 10.8. The highest BCUT2D eigenvalue weighted by atomic mass is 35.5. The Morgan fingerprint density at radius 3 is 2.87 bits per heavy atom. The number of hydrogen-bond acceptors (Lipinski definition) is 6. The predicted octanol–water partition coefficient (Wildman–Crippen LogP) is 4.69. The predicted molar refractivity (Wildman–Crippen MR) is 122 cm³/mol. The van der Waals surface area contributed by atoms with Gasteiger partial charge in [0.25, 0.3) is 5.91 Å². The zero-order valence-electron chi connectivity index (χ0n) is 15.7. The number of amides is 2. The molecule has 2 amide bonds. The lowest BCUT2D eigenvalue weighted by atomic mass is 10.2. The third kappa shape index (κ3) is 4.61. The molecule has 0 spiro atoms. The Balaban J connectivity index is 1.33. The third-order valence-corrected chi connectivity index (χ3v) is 6.21. The smallest absolute Gasteiger partial charge is 0.266 e. The molecule has 2 aliphatic rings. The van der Waals surface area contributed by atoms with Crippen molar-refractivity contribution < 1.29 is 19.1 Å². The van der Waals surface area contributed by atoms with Crippen LogP contribution in [-0.2, 0) is 9.59 Å². The van der Waals surface area contributed by atoms with E-state index in [0.29, 0.717) is 44.4 Å². The van der Waals surface area contributed by atoms with Crippen LogP contribution in [-0.4, -0.2) is 34.4 Å². The SMILES string of the molecule is O=C(CCCN1C(=O)C(=Cc2ccc3c(c2)OCO3)SC1=S)Nc1ccccc1Cl. The number of nitrogens with zero attached hydrogens (tertiary/aromatic N) is 1. The molecule has 6 nitrogen and oxygen atoms in total. The third-order valence-electron chi connectivity index (χ3n) is 4.50. The number of anilines is 1. The van der Waals surface area contributed by atoms with Gasteiger partial charge in [-0.05, 0) is 42.3 Å². The highest BCUT2D eigenvalue weighted by Gasteiger charge is 2.31. The van der Waals surface area contributed by atoms with Gasteiger partial charge in [-0.2, -0.15) is 0 Å². The number of para-hydroxylation sites is 1. The summed E-state index contributed by atoms with van der Waals surface area (Å²) in [6.07, 6.45) is 2.52. The van der Waals surface area contributed by atoms with Crippen molar-refractivity contribution in [2.24, 2.45) is 0 Å². The summed E-state index contributed by atoms with van der Waals surface area (Å²) in [4.78, 5) is 27.0. The molecule has 1 fully saturated rings. The first-order chi connectivity index (χ1) is 14.5. The van der Waals surface area contributed by atoms with E-state index in [9.17, 15) is 9.59 Å². The standard InChI is InChI=1S/C21H17ClN2O4S2/c22-14-4-1-2-5-15(14)23-19(25)6-3-9-24-20(26)18(30-21(24)29)11-13-7-8-16-17(10-13)28-12-27-16/h1-2,4-5,7-8,10-11H,3,6,9,12H2,(H,23,25). The fourth-order valence-corrected chi connectivity index (χ4v) is 4.51. The molecule has 0 aliphatic carbocycles. The van der Waals surface area contributed by atoms with Gasteiger partial charge in [0, 0.05) is 13.0 Å². The van der Waals surface area contributed by atoms with E-state index in [4.69, 9.17) is 33.3 Å². The van der Waals surface area contributed by atoms with E-state index in [2.05, 4.69) is 5.32 Å². The normalized spacial score (nSPS) is 16.4. The van der Waals surface area contributed by atoms with Gasteiger partial charge in [-0.25, -0.2) is 0 Å². The summed E-state index contributed by atoms with van der Waals surface area (Å²) in [5.41, 5.74) is 1.40.